The lowest BCUT2D eigenvalue weighted by molar-refractivity contribution is 0.0339. The van der Waals surface area contributed by atoms with Crippen molar-refractivity contribution in [2.45, 2.75) is 53.6 Å². The summed E-state index contributed by atoms with van der Waals surface area (Å²) in [7, 11) is 0. The lowest BCUT2D eigenvalue weighted by Gasteiger charge is -2.44. The first kappa shape index (κ1) is 21.0. The third-order valence-electron chi connectivity index (χ3n) is 5.56. The minimum absolute atomic E-state index is 0.251. The lowest BCUT2D eigenvalue weighted by atomic mass is 9.94. The summed E-state index contributed by atoms with van der Waals surface area (Å²) in [6.45, 7) is 16.6. The summed E-state index contributed by atoms with van der Waals surface area (Å²) < 4.78 is 1.98. The fraction of sp³-hybridized carbons (Fsp3) is 0.609. The van der Waals surface area contributed by atoms with E-state index in [0.29, 0.717) is 6.04 Å². The number of aryl methyl sites for hydroxylation is 2. The maximum absolute atomic E-state index is 9.60. The second kappa shape index (κ2) is 8.76. The molecule has 0 aliphatic carbocycles. The molecule has 0 saturated carbocycles. The molecule has 0 unspecified atom stereocenters. The third kappa shape index (κ3) is 5.22. The van der Waals surface area contributed by atoms with E-state index in [1.807, 2.05) is 23.1 Å². The molecule has 2 heterocycles. The molecule has 28 heavy (non-hydrogen) atoms. The first-order valence-electron chi connectivity index (χ1n) is 10.4. The zero-order chi connectivity index (χ0) is 20.3. The van der Waals surface area contributed by atoms with E-state index in [4.69, 9.17) is 0 Å². The van der Waals surface area contributed by atoms with Crippen molar-refractivity contribution in [3.63, 3.8) is 0 Å². The number of piperazine rings is 1. The molecule has 1 aliphatic heterocycles. The summed E-state index contributed by atoms with van der Waals surface area (Å²) in [5.41, 5.74) is 5.39. The van der Waals surface area contributed by atoms with E-state index in [1.54, 1.807) is 0 Å². The van der Waals surface area contributed by atoms with Crippen LogP contribution < -0.4 is 0 Å². The fourth-order valence-corrected chi connectivity index (χ4v) is 4.36. The first-order valence-corrected chi connectivity index (χ1v) is 10.4. The fourth-order valence-electron chi connectivity index (χ4n) is 4.36. The minimum atomic E-state index is 0.251. The van der Waals surface area contributed by atoms with Crippen LogP contribution in [0.2, 0.25) is 0 Å². The van der Waals surface area contributed by atoms with E-state index in [0.717, 1.165) is 39.1 Å². The van der Waals surface area contributed by atoms with Gasteiger partial charge in [0.05, 0.1) is 5.69 Å². The zero-order valence-corrected chi connectivity index (χ0v) is 18.1. The third-order valence-corrected chi connectivity index (χ3v) is 5.56. The Morgan fingerprint density at radius 1 is 1.18 bits per heavy atom. The normalized spacial score (nSPS) is 19.3. The average Bonchev–Trinajstić information content (AvgIpc) is 3.13. The molecule has 154 valence electrons. The van der Waals surface area contributed by atoms with Crippen molar-refractivity contribution in [1.82, 2.24) is 19.6 Å². The topological polar surface area (TPSA) is 44.5 Å². The van der Waals surface area contributed by atoms with Crippen LogP contribution in [0, 0.1) is 19.3 Å². The molecular weight excluding hydrogens is 348 g/mol. The van der Waals surface area contributed by atoms with Crippen LogP contribution >= 0.6 is 0 Å². The molecule has 1 atom stereocenters. The van der Waals surface area contributed by atoms with Crippen LogP contribution in [0.15, 0.2) is 30.6 Å². The molecule has 5 nitrogen and oxygen atoms in total. The molecule has 3 rings (SSSR count). The van der Waals surface area contributed by atoms with Crippen LogP contribution in [-0.4, -0.2) is 63.5 Å². The second-order valence-electron chi connectivity index (χ2n) is 9.46. The van der Waals surface area contributed by atoms with Crippen molar-refractivity contribution in [3.05, 3.63) is 47.3 Å². The maximum atomic E-state index is 9.60. The predicted molar refractivity (Wildman–Crippen MR) is 115 cm³/mol. The molecule has 1 N–H and O–H groups in total. The molecular formula is C23H36N4O. The monoisotopic (exact) mass is 384 g/mol. The molecule has 0 bridgehead atoms. The summed E-state index contributed by atoms with van der Waals surface area (Å²) in [5.74, 6) is 0. The van der Waals surface area contributed by atoms with Gasteiger partial charge in [0.2, 0.25) is 0 Å². The van der Waals surface area contributed by atoms with E-state index in [-0.39, 0.29) is 12.0 Å². The number of aromatic nitrogens is 2. The molecule has 1 aliphatic rings. The SMILES string of the molecule is Cc1cc(C)c(CN2CCN(CC(C)(C)C)[C@H](CCO)C2)c(-n2cccn2)c1. The number of aliphatic hydroxyl groups excluding tert-OH is 1. The van der Waals surface area contributed by atoms with Crippen LogP contribution in [0.25, 0.3) is 5.69 Å². The number of rotatable bonds is 6. The Balaban J connectivity index is 1.79. The summed E-state index contributed by atoms with van der Waals surface area (Å²) >= 11 is 0. The Hall–Kier alpha value is -1.69. The first-order chi connectivity index (χ1) is 13.3. The number of hydrogen-bond donors (Lipinski definition) is 1. The molecule has 5 heteroatoms. The Labute approximate surface area is 170 Å². The highest BCUT2D eigenvalue weighted by Crippen LogP contribution is 2.26. The summed E-state index contributed by atoms with van der Waals surface area (Å²) in [5, 5.41) is 14.1. The summed E-state index contributed by atoms with van der Waals surface area (Å²) in [6.07, 6.45) is 4.70. The molecule has 1 aromatic carbocycles. The summed E-state index contributed by atoms with van der Waals surface area (Å²) in [6, 6.07) is 6.89. The molecule has 0 spiro atoms. The number of hydrogen-bond acceptors (Lipinski definition) is 4. The number of nitrogens with zero attached hydrogens (tertiary/aromatic N) is 4. The largest absolute Gasteiger partial charge is 0.396 e. The van der Waals surface area contributed by atoms with Crippen LogP contribution in [0.1, 0.15) is 43.9 Å². The molecule has 0 radical (unpaired) electrons. The van der Waals surface area contributed by atoms with Crippen LogP contribution in [0.3, 0.4) is 0 Å². The quantitative estimate of drug-likeness (QED) is 0.829. The summed E-state index contributed by atoms with van der Waals surface area (Å²) in [4.78, 5) is 5.12. The molecule has 0 amide bonds. The van der Waals surface area contributed by atoms with Crippen LogP contribution in [-0.2, 0) is 6.54 Å². The van der Waals surface area contributed by atoms with Gasteiger partial charge in [-0.1, -0.05) is 26.8 Å². The van der Waals surface area contributed by atoms with Crippen molar-refractivity contribution >= 4 is 0 Å². The van der Waals surface area contributed by atoms with Crippen molar-refractivity contribution < 1.29 is 5.11 Å². The van der Waals surface area contributed by atoms with Crippen molar-refractivity contribution in [1.29, 1.82) is 0 Å². The van der Waals surface area contributed by atoms with Crippen molar-refractivity contribution in [2.75, 3.05) is 32.8 Å². The van der Waals surface area contributed by atoms with Crippen molar-refractivity contribution in [2.24, 2.45) is 5.41 Å². The van der Waals surface area contributed by atoms with Crippen LogP contribution in [0.4, 0.5) is 0 Å². The van der Waals surface area contributed by atoms with Gasteiger partial charge < -0.3 is 5.11 Å². The van der Waals surface area contributed by atoms with Gasteiger partial charge in [0.15, 0.2) is 0 Å². The Bertz CT molecular complexity index is 764. The van der Waals surface area contributed by atoms with Gasteiger partial charge in [-0.15, -0.1) is 0 Å². The van der Waals surface area contributed by atoms with E-state index in [9.17, 15) is 5.11 Å². The highest BCUT2D eigenvalue weighted by molar-refractivity contribution is 5.48. The maximum Gasteiger partial charge on any atom is 0.0695 e. The van der Waals surface area contributed by atoms with Gasteiger partial charge in [0.1, 0.15) is 0 Å². The van der Waals surface area contributed by atoms with Gasteiger partial charge in [0, 0.05) is 57.8 Å². The Morgan fingerprint density at radius 2 is 1.96 bits per heavy atom. The standard InChI is InChI=1S/C23H36N4O/c1-18-13-19(2)21(22(14-18)27-9-6-8-24-27)16-25-10-11-26(17-23(3,4)5)20(15-25)7-12-28/h6,8-9,13-14,20,28H,7,10-12,15-17H2,1-5H3/t20-/m1/s1. The molecule has 1 saturated heterocycles. The smallest absolute Gasteiger partial charge is 0.0695 e. The zero-order valence-electron chi connectivity index (χ0n) is 18.1. The van der Waals surface area contributed by atoms with E-state index >= 15 is 0 Å². The highest BCUT2D eigenvalue weighted by Gasteiger charge is 2.30. The van der Waals surface area contributed by atoms with E-state index in [1.165, 1.54) is 22.4 Å². The van der Waals surface area contributed by atoms with Gasteiger partial charge in [-0.2, -0.15) is 5.10 Å². The number of benzene rings is 1. The van der Waals surface area contributed by atoms with Gasteiger partial charge in [-0.25, -0.2) is 4.68 Å². The predicted octanol–water partition coefficient (Wildman–Crippen LogP) is 3.40. The second-order valence-corrected chi connectivity index (χ2v) is 9.46. The lowest BCUT2D eigenvalue weighted by Crippen LogP contribution is -2.55. The number of aliphatic hydroxyl groups is 1. The van der Waals surface area contributed by atoms with E-state index < -0.39 is 0 Å². The average molecular weight is 385 g/mol. The van der Waals surface area contributed by atoms with Crippen LogP contribution in [0.5, 0.6) is 0 Å². The molecule has 2 aromatic rings. The highest BCUT2D eigenvalue weighted by atomic mass is 16.3. The van der Waals surface area contributed by atoms with E-state index in [2.05, 4.69) is 61.6 Å². The van der Waals surface area contributed by atoms with Gasteiger partial charge in [-0.3, -0.25) is 9.80 Å². The van der Waals surface area contributed by atoms with Gasteiger partial charge in [-0.05, 0) is 54.5 Å². The molecule has 1 fully saturated rings. The molecule has 1 aromatic heterocycles. The van der Waals surface area contributed by atoms with Crippen molar-refractivity contribution in [3.8, 4) is 5.69 Å². The Morgan fingerprint density at radius 3 is 2.61 bits per heavy atom. The van der Waals surface area contributed by atoms with Gasteiger partial charge in [0.25, 0.3) is 0 Å². The minimum Gasteiger partial charge on any atom is -0.396 e. The van der Waals surface area contributed by atoms with Gasteiger partial charge >= 0.3 is 0 Å². The Kier molecular flexibility index (Phi) is 6.58.